The summed E-state index contributed by atoms with van der Waals surface area (Å²) >= 11 is 0. The monoisotopic (exact) mass is 203 g/mol. The molecule has 0 saturated carbocycles. The number of aliphatic hydroxyl groups is 1. The van der Waals surface area contributed by atoms with Crippen molar-refractivity contribution in [3.8, 4) is 0 Å². The van der Waals surface area contributed by atoms with Crippen LogP contribution in [0.1, 0.15) is 33.6 Å². The van der Waals surface area contributed by atoms with E-state index >= 15 is 0 Å². The van der Waals surface area contributed by atoms with Gasteiger partial charge in [-0.1, -0.05) is 13.8 Å². The highest BCUT2D eigenvalue weighted by Crippen LogP contribution is 2.06. The minimum atomic E-state index is -0.210. The average Bonchev–Trinajstić information content (AvgIpc) is 2.09. The fourth-order valence-electron chi connectivity index (χ4n) is 1.39. The maximum atomic E-state index is 9.12. The molecule has 0 aromatic carbocycles. The zero-order valence-corrected chi connectivity index (χ0v) is 9.92. The third kappa shape index (κ3) is 7.30. The summed E-state index contributed by atoms with van der Waals surface area (Å²) in [6.45, 7) is 7.90. The van der Waals surface area contributed by atoms with Gasteiger partial charge in [-0.25, -0.2) is 0 Å². The normalized spacial score (nSPS) is 15.9. The molecular formula is C11H25NO2. The SMILES string of the molecule is COCCC(NCCC(C)O)C(C)C. The molecule has 0 radical (unpaired) electrons. The van der Waals surface area contributed by atoms with Crippen molar-refractivity contribution in [2.45, 2.75) is 45.8 Å². The largest absolute Gasteiger partial charge is 0.393 e. The lowest BCUT2D eigenvalue weighted by Crippen LogP contribution is -2.36. The predicted molar refractivity (Wildman–Crippen MR) is 59.4 cm³/mol. The lowest BCUT2D eigenvalue weighted by atomic mass is 10.0. The molecule has 3 nitrogen and oxygen atoms in total. The Morgan fingerprint density at radius 3 is 2.29 bits per heavy atom. The van der Waals surface area contributed by atoms with Gasteiger partial charge in [0.1, 0.15) is 0 Å². The Morgan fingerprint density at radius 1 is 1.21 bits per heavy atom. The number of rotatable bonds is 8. The van der Waals surface area contributed by atoms with Crippen molar-refractivity contribution in [1.82, 2.24) is 5.32 Å². The molecule has 0 spiro atoms. The average molecular weight is 203 g/mol. The second kappa shape index (κ2) is 8.21. The Bertz CT molecular complexity index is 126. The highest BCUT2D eigenvalue weighted by Gasteiger charge is 2.11. The molecule has 86 valence electrons. The van der Waals surface area contributed by atoms with E-state index in [9.17, 15) is 0 Å². The molecule has 0 rings (SSSR count). The standard InChI is InChI=1S/C11H25NO2/c1-9(2)11(6-8-14-4)12-7-5-10(3)13/h9-13H,5-8H2,1-4H3. The molecule has 14 heavy (non-hydrogen) atoms. The third-order valence-corrected chi connectivity index (χ3v) is 2.41. The molecule has 0 amide bonds. The van der Waals surface area contributed by atoms with Crippen LogP contribution in [0.4, 0.5) is 0 Å². The first-order valence-corrected chi connectivity index (χ1v) is 5.48. The van der Waals surface area contributed by atoms with Crippen LogP contribution in [-0.4, -0.2) is 37.5 Å². The summed E-state index contributed by atoms with van der Waals surface area (Å²) in [5, 5.41) is 12.6. The van der Waals surface area contributed by atoms with Gasteiger partial charge in [0, 0.05) is 19.8 Å². The van der Waals surface area contributed by atoms with E-state index in [1.54, 1.807) is 7.11 Å². The predicted octanol–water partition coefficient (Wildman–Crippen LogP) is 1.41. The molecule has 2 atom stereocenters. The molecule has 0 fully saturated rings. The summed E-state index contributed by atoms with van der Waals surface area (Å²) in [5.41, 5.74) is 0. The molecule has 2 unspecified atom stereocenters. The maximum absolute atomic E-state index is 9.12. The van der Waals surface area contributed by atoms with Gasteiger partial charge in [-0.2, -0.15) is 0 Å². The summed E-state index contributed by atoms with van der Waals surface area (Å²) < 4.78 is 5.06. The second-order valence-corrected chi connectivity index (χ2v) is 4.22. The van der Waals surface area contributed by atoms with Gasteiger partial charge in [0.25, 0.3) is 0 Å². The third-order valence-electron chi connectivity index (χ3n) is 2.41. The number of hydrogen-bond donors (Lipinski definition) is 2. The summed E-state index contributed by atoms with van der Waals surface area (Å²) in [6.07, 6.45) is 1.64. The molecule has 0 bridgehead atoms. The molecule has 0 aromatic heterocycles. The van der Waals surface area contributed by atoms with E-state index in [2.05, 4.69) is 19.2 Å². The van der Waals surface area contributed by atoms with Gasteiger partial charge >= 0.3 is 0 Å². The Morgan fingerprint density at radius 2 is 1.86 bits per heavy atom. The summed E-state index contributed by atoms with van der Waals surface area (Å²) in [4.78, 5) is 0. The van der Waals surface area contributed by atoms with Crippen molar-refractivity contribution in [2.75, 3.05) is 20.3 Å². The van der Waals surface area contributed by atoms with E-state index in [1.807, 2.05) is 6.92 Å². The molecule has 2 N–H and O–H groups in total. The van der Waals surface area contributed by atoms with E-state index in [4.69, 9.17) is 9.84 Å². The van der Waals surface area contributed by atoms with E-state index in [0.29, 0.717) is 12.0 Å². The first-order chi connectivity index (χ1) is 6.57. The van der Waals surface area contributed by atoms with Crippen molar-refractivity contribution in [3.05, 3.63) is 0 Å². The number of methoxy groups -OCH3 is 1. The Hall–Kier alpha value is -0.120. The lowest BCUT2D eigenvalue weighted by Gasteiger charge is -2.22. The van der Waals surface area contributed by atoms with Gasteiger partial charge in [-0.05, 0) is 32.2 Å². The second-order valence-electron chi connectivity index (χ2n) is 4.22. The summed E-state index contributed by atoms with van der Waals surface area (Å²) in [6, 6.07) is 0.494. The molecule has 0 heterocycles. The molecule has 0 saturated heterocycles. The van der Waals surface area contributed by atoms with Gasteiger partial charge < -0.3 is 15.2 Å². The number of ether oxygens (including phenoxy) is 1. The highest BCUT2D eigenvalue weighted by atomic mass is 16.5. The molecule has 0 aromatic rings. The minimum Gasteiger partial charge on any atom is -0.393 e. The Kier molecular flexibility index (Phi) is 8.14. The fourth-order valence-corrected chi connectivity index (χ4v) is 1.39. The lowest BCUT2D eigenvalue weighted by molar-refractivity contribution is 0.164. The highest BCUT2D eigenvalue weighted by molar-refractivity contribution is 4.70. The smallest absolute Gasteiger partial charge is 0.0524 e. The van der Waals surface area contributed by atoms with Crippen LogP contribution in [0.2, 0.25) is 0 Å². The fraction of sp³-hybridized carbons (Fsp3) is 1.00. The maximum Gasteiger partial charge on any atom is 0.0524 e. The van der Waals surface area contributed by atoms with E-state index in [-0.39, 0.29) is 6.10 Å². The van der Waals surface area contributed by atoms with Crippen molar-refractivity contribution >= 4 is 0 Å². The van der Waals surface area contributed by atoms with Crippen LogP contribution >= 0.6 is 0 Å². The number of nitrogens with one attached hydrogen (secondary N) is 1. The molecule has 0 aliphatic rings. The molecule has 3 heteroatoms. The van der Waals surface area contributed by atoms with Crippen LogP contribution in [0.3, 0.4) is 0 Å². The van der Waals surface area contributed by atoms with E-state index in [1.165, 1.54) is 0 Å². The van der Waals surface area contributed by atoms with Gasteiger partial charge in [-0.15, -0.1) is 0 Å². The molecule has 0 aliphatic carbocycles. The van der Waals surface area contributed by atoms with Gasteiger partial charge in [0.2, 0.25) is 0 Å². The van der Waals surface area contributed by atoms with Gasteiger partial charge in [0.05, 0.1) is 6.10 Å². The van der Waals surface area contributed by atoms with Crippen molar-refractivity contribution in [1.29, 1.82) is 0 Å². The van der Waals surface area contributed by atoms with Crippen molar-refractivity contribution in [2.24, 2.45) is 5.92 Å². The topological polar surface area (TPSA) is 41.5 Å². The zero-order chi connectivity index (χ0) is 11.0. The van der Waals surface area contributed by atoms with Crippen LogP contribution in [0.25, 0.3) is 0 Å². The zero-order valence-electron chi connectivity index (χ0n) is 9.92. The van der Waals surface area contributed by atoms with Crippen LogP contribution in [0.5, 0.6) is 0 Å². The van der Waals surface area contributed by atoms with Crippen LogP contribution in [0.15, 0.2) is 0 Å². The first-order valence-electron chi connectivity index (χ1n) is 5.48. The Balaban J connectivity index is 3.62. The van der Waals surface area contributed by atoms with Crippen LogP contribution in [0, 0.1) is 5.92 Å². The van der Waals surface area contributed by atoms with Crippen LogP contribution < -0.4 is 5.32 Å². The molecule has 0 aliphatic heterocycles. The summed E-state index contributed by atoms with van der Waals surface area (Å²) in [7, 11) is 1.73. The number of hydrogen-bond acceptors (Lipinski definition) is 3. The van der Waals surface area contributed by atoms with E-state index < -0.39 is 0 Å². The van der Waals surface area contributed by atoms with Crippen molar-refractivity contribution in [3.63, 3.8) is 0 Å². The first kappa shape index (κ1) is 13.9. The Labute approximate surface area is 87.8 Å². The summed E-state index contributed by atoms with van der Waals surface area (Å²) in [5.74, 6) is 0.610. The number of aliphatic hydroxyl groups excluding tert-OH is 1. The van der Waals surface area contributed by atoms with Gasteiger partial charge in [-0.3, -0.25) is 0 Å². The van der Waals surface area contributed by atoms with Crippen molar-refractivity contribution < 1.29 is 9.84 Å². The minimum absolute atomic E-state index is 0.210. The van der Waals surface area contributed by atoms with Crippen LogP contribution in [-0.2, 0) is 4.74 Å². The quantitative estimate of drug-likeness (QED) is 0.626. The van der Waals surface area contributed by atoms with E-state index in [0.717, 1.165) is 26.0 Å². The molecular weight excluding hydrogens is 178 g/mol. The van der Waals surface area contributed by atoms with Gasteiger partial charge in [0.15, 0.2) is 0 Å².